The highest BCUT2D eigenvalue weighted by Gasteiger charge is 2.10. The zero-order valence-electron chi connectivity index (χ0n) is 13.1. The molecule has 0 spiro atoms. The Hall–Kier alpha value is -2.35. The number of ether oxygens (including phenoxy) is 2. The van der Waals surface area contributed by atoms with Gasteiger partial charge in [0.2, 0.25) is 0 Å². The average molecular weight is 397 g/mol. The van der Waals surface area contributed by atoms with Crippen LogP contribution in [0.15, 0.2) is 39.3 Å². The second-order valence-corrected chi connectivity index (χ2v) is 5.86. The predicted molar refractivity (Wildman–Crippen MR) is 89.7 cm³/mol. The maximum absolute atomic E-state index is 11.6. The molecule has 1 N–H and O–H groups in total. The molecule has 2 aromatic rings. The molecule has 0 saturated heterocycles. The Bertz CT molecular complexity index is 701. The summed E-state index contributed by atoms with van der Waals surface area (Å²) in [4.78, 5) is 23.1. The fourth-order valence-electron chi connectivity index (χ4n) is 1.79. The Morgan fingerprint density at radius 3 is 2.88 bits per heavy atom. The molecule has 0 unspecified atom stereocenters. The number of amides is 1. The highest BCUT2D eigenvalue weighted by Crippen LogP contribution is 2.17. The largest absolute Gasteiger partial charge is 0.494 e. The molecular weight excluding hydrogens is 380 g/mol. The van der Waals surface area contributed by atoms with E-state index in [1.807, 2.05) is 24.3 Å². The third kappa shape index (κ3) is 6.41. The molecule has 1 heterocycles. The normalized spacial score (nSPS) is 10.2. The lowest BCUT2D eigenvalue weighted by molar-refractivity contribution is -0.147. The van der Waals surface area contributed by atoms with Gasteiger partial charge in [-0.3, -0.25) is 9.59 Å². The van der Waals surface area contributed by atoms with Crippen LogP contribution < -0.4 is 10.1 Å². The first-order valence-corrected chi connectivity index (χ1v) is 8.09. The topological polar surface area (TPSA) is 90.7 Å². The summed E-state index contributed by atoms with van der Waals surface area (Å²) in [6, 6.07) is 9.00. The van der Waals surface area contributed by atoms with Crippen LogP contribution in [0, 0.1) is 6.92 Å². The maximum atomic E-state index is 11.6. The van der Waals surface area contributed by atoms with Crippen molar-refractivity contribution in [3.05, 3.63) is 40.6 Å². The van der Waals surface area contributed by atoms with Crippen LogP contribution in [0.25, 0.3) is 0 Å². The number of nitrogens with zero attached hydrogens (tertiary/aromatic N) is 1. The molecule has 0 atom stereocenters. The summed E-state index contributed by atoms with van der Waals surface area (Å²) < 4.78 is 16.1. The number of carbonyl (C=O) groups excluding carboxylic acids is 2. The van der Waals surface area contributed by atoms with E-state index in [-0.39, 0.29) is 18.8 Å². The van der Waals surface area contributed by atoms with E-state index in [0.717, 1.165) is 10.2 Å². The fourth-order valence-corrected chi connectivity index (χ4v) is 2.16. The van der Waals surface area contributed by atoms with Gasteiger partial charge >= 0.3 is 5.97 Å². The third-order valence-electron chi connectivity index (χ3n) is 2.85. The van der Waals surface area contributed by atoms with Crippen LogP contribution >= 0.6 is 15.9 Å². The average Bonchev–Trinajstić information content (AvgIpc) is 2.94. The van der Waals surface area contributed by atoms with Gasteiger partial charge in [0.05, 0.1) is 6.61 Å². The number of hydrogen-bond acceptors (Lipinski definition) is 6. The fraction of sp³-hybridized carbons (Fsp3) is 0.312. The van der Waals surface area contributed by atoms with E-state index in [2.05, 4.69) is 26.4 Å². The molecule has 0 aliphatic carbocycles. The molecule has 0 fully saturated rings. The van der Waals surface area contributed by atoms with Gasteiger partial charge in [0.15, 0.2) is 12.4 Å². The Labute approximate surface area is 147 Å². The van der Waals surface area contributed by atoms with Gasteiger partial charge in [0.25, 0.3) is 5.91 Å². The first kappa shape index (κ1) is 18.0. The minimum atomic E-state index is -0.470. The predicted octanol–water partition coefficient (Wildman–Crippen LogP) is 3.09. The molecule has 7 nitrogen and oxygen atoms in total. The molecule has 2 rings (SSSR count). The van der Waals surface area contributed by atoms with Gasteiger partial charge in [-0.25, -0.2) is 0 Å². The van der Waals surface area contributed by atoms with Crippen LogP contribution in [0.5, 0.6) is 5.75 Å². The third-order valence-corrected chi connectivity index (χ3v) is 3.34. The molecule has 0 saturated carbocycles. The Kier molecular flexibility index (Phi) is 6.80. The Balaban J connectivity index is 1.58. The summed E-state index contributed by atoms with van der Waals surface area (Å²) in [6.45, 7) is 1.73. The van der Waals surface area contributed by atoms with Crippen LogP contribution in [-0.2, 0) is 14.3 Å². The number of benzene rings is 1. The summed E-state index contributed by atoms with van der Waals surface area (Å²) in [6.07, 6.45) is 0.666. The van der Waals surface area contributed by atoms with E-state index in [1.165, 1.54) is 0 Å². The van der Waals surface area contributed by atoms with Crippen LogP contribution in [0.4, 0.5) is 5.82 Å². The number of aryl methyl sites for hydroxylation is 1. The highest BCUT2D eigenvalue weighted by molar-refractivity contribution is 9.10. The van der Waals surface area contributed by atoms with Crippen molar-refractivity contribution in [2.24, 2.45) is 0 Å². The van der Waals surface area contributed by atoms with Crippen LogP contribution in [0.2, 0.25) is 0 Å². The van der Waals surface area contributed by atoms with Crippen LogP contribution in [-0.4, -0.2) is 30.2 Å². The van der Waals surface area contributed by atoms with E-state index in [9.17, 15) is 9.59 Å². The lowest BCUT2D eigenvalue weighted by atomic mass is 10.3. The van der Waals surface area contributed by atoms with Gasteiger partial charge < -0.3 is 19.3 Å². The lowest BCUT2D eigenvalue weighted by Gasteiger charge is -2.07. The number of esters is 1. The number of hydrogen-bond donors (Lipinski definition) is 1. The molecular formula is C16H17BrN2O5. The second-order valence-electron chi connectivity index (χ2n) is 4.94. The summed E-state index contributed by atoms with van der Waals surface area (Å²) >= 11 is 3.35. The van der Waals surface area contributed by atoms with Crippen molar-refractivity contribution in [1.29, 1.82) is 0 Å². The molecule has 8 heteroatoms. The molecule has 1 amide bonds. The van der Waals surface area contributed by atoms with Crippen molar-refractivity contribution >= 4 is 33.6 Å². The molecule has 24 heavy (non-hydrogen) atoms. The molecule has 0 aliphatic heterocycles. The van der Waals surface area contributed by atoms with Gasteiger partial charge in [-0.2, -0.15) is 0 Å². The van der Waals surface area contributed by atoms with Crippen molar-refractivity contribution in [3.8, 4) is 5.75 Å². The van der Waals surface area contributed by atoms with Gasteiger partial charge in [-0.15, -0.1) is 0 Å². The first-order valence-electron chi connectivity index (χ1n) is 7.30. The van der Waals surface area contributed by atoms with Crippen molar-refractivity contribution in [2.75, 3.05) is 18.5 Å². The van der Waals surface area contributed by atoms with Crippen molar-refractivity contribution < 1.29 is 23.6 Å². The molecule has 1 aromatic heterocycles. The Morgan fingerprint density at radius 1 is 1.33 bits per heavy atom. The molecule has 0 bridgehead atoms. The van der Waals surface area contributed by atoms with Gasteiger partial charge in [-0.05, 0) is 31.5 Å². The second kappa shape index (κ2) is 9.07. The summed E-state index contributed by atoms with van der Waals surface area (Å²) in [5.74, 6) is 0.657. The minimum Gasteiger partial charge on any atom is -0.494 e. The van der Waals surface area contributed by atoms with Gasteiger partial charge in [-0.1, -0.05) is 27.2 Å². The zero-order valence-corrected chi connectivity index (χ0v) is 14.7. The molecule has 128 valence electrons. The van der Waals surface area contributed by atoms with Gasteiger partial charge in [0.1, 0.15) is 11.5 Å². The molecule has 0 aliphatic rings. The number of anilines is 1. The van der Waals surface area contributed by atoms with E-state index >= 15 is 0 Å². The molecule has 0 radical (unpaired) electrons. The first-order chi connectivity index (χ1) is 11.5. The van der Waals surface area contributed by atoms with Crippen LogP contribution in [0.1, 0.15) is 18.6 Å². The number of carbonyl (C=O) groups is 2. The minimum absolute atomic E-state index is 0.171. The van der Waals surface area contributed by atoms with Gasteiger partial charge in [0, 0.05) is 17.0 Å². The number of nitrogens with one attached hydrogen (secondary N) is 1. The highest BCUT2D eigenvalue weighted by atomic mass is 79.9. The smallest absolute Gasteiger partial charge is 0.306 e. The standard InChI is InChI=1S/C16H17BrN2O5/c1-11-8-14(19-24-11)18-15(20)10-23-16(21)6-3-7-22-13-5-2-4-12(17)9-13/h2,4-5,8-9H,3,6-7,10H2,1H3,(H,18,19,20). The molecule has 1 aromatic carbocycles. The summed E-state index contributed by atoms with van der Waals surface area (Å²) in [5, 5.41) is 6.07. The van der Waals surface area contributed by atoms with Crippen molar-refractivity contribution in [1.82, 2.24) is 5.16 Å². The maximum Gasteiger partial charge on any atom is 0.306 e. The van der Waals surface area contributed by atoms with E-state index in [4.69, 9.17) is 14.0 Å². The van der Waals surface area contributed by atoms with Crippen molar-refractivity contribution in [3.63, 3.8) is 0 Å². The summed E-state index contributed by atoms with van der Waals surface area (Å²) in [7, 11) is 0. The van der Waals surface area contributed by atoms with E-state index < -0.39 is 11.9 Å². The lowest BCUT2D eigenvalue weighted by Crippen LogP contribution is -2.21. The number of aromatic nitrogens is 1. The SMILES string of the molecule is Cc1cc(NC(=O)COC(=O)CCCOc2cccc(Br)c2)no1. The zero-order chi connectivity index (χ0) is 17.4. The summed E-state index contributed by atoms with van der Waals surface area (Å²) in [5.41, 5.74) is 0. The van der Waals surface area contributed by atoms with Crippen molar-refractivity contribution in [2.45, 2.75) is 19.8 Å². The van der Waals surface area contributed by atoms with E-state index in [1.54, 1.807) is 13.0 Å². The Morgan fingerprint density at radius 2 is 2.17 bits per heavy atom. The van der Waals surface area contributed by atoms with Crippen LogP contribution in [0.3, 0.4) is 0 Å². The number of rotatable bonds is 8. The number of halogens is 1. The monoisotopic (exact) mass is 396 g/mol. The quantitative estimate of drug-likeness (QED) is 0.544. The van der Waals surface area contributed by atoms with E-state index in [0.29, 0.717) is 18.8 Å².